The Hall–Kier alpha value is -3.39. The van der Waals surface area contributed by atoms with Crippen molar-refractivity contribution in [2.75, 3.05) is 19.6 Å². The third kappa shape index (κ3) is 11.1. The zero-order valence-electron chi connectivity index (χ0n) is 27.4. The third-order valence-corrected chi connectivity index (χ3v) is 9.69. The van der Waals surface area contributed by atoms with E-state index in [2.05, 4.69) is 39.8 Å². The van der Waals surface area contributed by atoms with Crippen LogP contribution in [0.5, 0.6) is 0 Å². The van der Waals surface area contributed by atoms with Crippen LogP contribution in [-0.4, -0.2) is 64.2 Å². The zero-order valence-corrected chi connectivity index (χ0v) is 29.8. The van der Waals surface area contributed by atoms with Gasteiger partial charge in [0.2, 0.25) is 11.8 Å². The van der Waals surface area contributed by atoms with Gasteiger partial charge in [-0.2, -0.15) is 0 Å². The fourth-order valence-corrected chi connectivity index (χ4v) is 6.88. The molecule has 11 nitrogen and oxygen atoms in total. The van der Waals surface area contributed by atoms with Gasteiger partial charge in [0.25, 0.3) is 11.8 Å². The van der Waals surface area contributed by atoms with Crippen molar-refractivity contribution in [1.29, 1.82) is 0 Å². The maximum absolute atomic E-state index is 13.5. The summed E-state index contributed by atoms with van der Waals surface area (Å²) in [6.07, 6.45) is 2.33. The highest BCUT2D eigenvalue weighted by atomic mass is 35.5. The number of nitrogens with one attached hydrogen (secondary N) is 3. The second kappa shape index (κ2) is 18.2. The molecule has 3 atom stereocenters. The summed E-state index contributed by atoms with van der Waals surface area (Å²) in [6, 6.07) is 8.28. The first-order chi connectivity index (χ1) is 22.0. The molecule has 1 unspecified atom stereocenters. The molecule has 256 valence electrons. The average molecular weight is 704 g/mol. The van der Waals surface area contributed by atoms with Crippen molar-refractivity contribution in [3.05, 3.63) is 68.1 Å². The number of nitrogens with two attached hydrogens (primary N) is 1. The summed E-state index contributed by atoms with van der Waals surface area (Å²) in [6.45, 7) is 9.05. The molecule has 4 rings (SSSR count). The molecule has 0 saturated heterocycles. The Balaban J connectivity index is 0.00000600. The Morgan fingerprint density at radius 3 is 2.17 bits per heavy atom. The van der Waals surface area contributed by atoms with Crippen LogP contribution in [0.3, 0.4) is 0 Å². The van der Waals surface area contributed by atoms with E-state index >= 15 is 0 Å². The monoisotopic (exact) mass is 703 g/mol. The topological polar surface area (TPSA) is 159 Å². The van der Waals surface area contributed by atoms with E-state index in [4.69, 9.17) is 5.73 Å². The van der Waals surface area contributed by atoms with Crippen LogP contribution >= 0.6 is 35.1 Å². The number of fused-ring (bicyclic) bond motifs is 4. The van der Waals surface area contributed by atoms with Gasteiger partial charge in [-0.15, -0.1) is 35.1 Å². The van der Waals surface area contributed by atoms with Crippen LogP contribution in [0.2, 0.25) is 0 Å². The SMILES string of the molecule is CC(C)CC1NC(=O)CCCN(C(=O)[C@@H](N)C(C)C)CCCNC(=O)c2csc(n2)[C@H](Cc2ccccc2)NC(=O)c2csc1n2.Cl. The van der Waals surface area contributed by atoms with Crippen molar-refractivity contribution in [3.63, 3.8) is 0 Å². The molecule has 1 aromatic carbocycles. The summed E-state index contributed by atoms with van der Waals surface area (Å²) < 4.78 is 0. The predicted octanol–water partition coefficient (Wildman–Crippen LogP) is 4.66. The van der Waals surface area contributed by atoms with E-state index in [1.807, 2.05) is 44.2 Å². The molecule has 1 aliphatic rings. The minimum Gasteiger partial charge on any atom is -0.351 e. The lowest BCUT2D eigenvalue weighted by Crippen LogP contribution is -2.47. The number of carbonyl (C=O) groups excluding carboxylic acids is 4. The van der Waals surface area contributed by atoms with Gasteiger partial charge in [-0.3, -0.25) is 19.2 Å². The van der Waals surface area contributed by atoms with Crippen LogP contribution in [0.25, 0.3) is 0 Å². The lowest BCUT2D eigenvalue weighted by Gasteiger charge is -2.27. The maximum atomic E-state index is 13.5. The van der Waals surface area contributed by atoms with Gasteiger partial charge in [-0.1, -0.05) is 58.0 Å². The van der Waals surface area contributed by atoms with E-state index in [0.717, 1.165) is 5.56 Å². The van der Waals surface area contributed by atoms with Gasteiger partial charge in [-0.25, -0.2) is 9.97 Å². The van der Waals surface area contributed by atoms with Gasteiger partial charge in [0.15, 0.2) is 0 Å². The van der Waals surface area contributed by atoms with Crippen LogP contribution < -0.4 is 21.7 Å². The predicted molar refractivity (Wildman–Crippen MR) is 188 cm³/mol. The molecule has 3 aromatic rings. The summed E-state index contributed by atoms with van der Waals surface area (Å²) in [7, 11) is 0. The van der Waals surface area contributed by atoms with Crippen LogP contribution in [0.4, 0.5) is 0 Å². The fourth-order valence-electron chi connectivity index (χ4n) is 5.17. The van der Waals surface area contributed by atoms with Gasteiger partial charge < -0.3 is 26.6 Å². The largest absolute Gasteiger partial charge is 0.351 e. The van der Waals surface area contributed by atoms with Crippen molar-refractivity contribution in [2.24, 2.45) is 17.6 Å². The molecule has 5 N–H and O–H groups in total. The number of amides is 4. The van der Waals surface area contributed by atoms with Crippen LogP contribution in [0, 0.1) is 11.8 Å². The van der Waals surface area contributed by atoms with Crippen LogP contribution in [0.1, 0.15) is 102 Å². The fraction of sp³-hybridized carbons (Fsp3) is 0.515. The smallest absolute Gasteiger partial charge is 0.271 e. The molecule has 14 heteroatoms. The summed E-state index contributed by atoms with van der Waals surface area (Å²) in [5.41, 5.74) is 7.75. The van der Waals surface area contributed by atoms with Crippen molar-refractivity contribution in [2.45, 2.75) is 77.9 Å². The lowest BCUT2D eigenvalue weighted by molar-refractivity contribution is -0.134. The summed E-state index contributed by atoms with van der Waals surface area (Å²) >= 11 is 2.65. The van der Waals surface area contributed by atoms with E-state index in [1.54, 1.807) is 15.7 Å². The minimum absolute atomic E-state index is 0. The summed E-state index contributed by atoms with van der Waals surface area (Å²) in [5.74, 6) is -0.753. The molecule has 0 spiro atoms. The number of nitrogens with zero attached hydrogens (tertiary/aromatic N) is 3. The van der Waals surface area contributed by atoms with Gasteiger partial charge in [0.1, 0.15) is 21.4 Å². The number of rotatable bonds is 6. The number of halogens is 1. The van der Waals surface area contributed by atoms with Gasteiger partial charge in [0.05, 0.1) is 18.1 Å². The number of carbonyl (C=O) groups is 4. The summed E-state index contributed by atoms with van der Waals surface area (Å²) in [5, 5.41) is 13.8. The van der Waals surface area contributed by atoms with Crippen LogP contribution in [0.15, 0.2) is 41.1 Å². The molecule has 2 aromatic heterocycles. The minimum atomic E-state index is -0.652. The zero-order chi connectivity index (χ0) is 33.2. The number of aromatic nitrogens is 2. The second-order valence-corrected chi connectivity index (χ2v) is 14.2. The maximum Gasteiger partial charge on any atom is 0.271 e. The standard InChI is InChI=1S/C33H45N7O4S2.ClH/c1-20(2)16-23-31-39-26(19-46-31)30(43)37-24(17-22-10-6-5-7-11-22)32-38-25(18-45-32)29(42)35-13-9-15-40(14-8-12-27(41)36-23)33(44)28(34)21(3)4;/h5-7,10-11,18-21,23-24,28H,8-9,12-17,34H2,1-4H3,(H,35,42)(H,36,41)(H,37,43);1H/t23?,24-,28-;/m0./s1. The van der Waals surface area contributed by atoms with Crippen molar-refractivity contribution in [3.8, 4) is 0 Å². The van der Waals surface area contributed by atoms with Crippen molar-refractivity contribution in [1.82, 2.24) is 30.8 Å². The molecule has 1 aliphatic heterocycles. The molecule has 0 radical (unpaired) electrons. The summed E-state index contributed by atoms with van der Waals surface area (Å²) in [4.78, 5) is 63.8. The number of hydrogen-bond donors (Lipinski definition) is 4. The van der Waals surface area contributed by atoms with E-state index in [9.17, 15) is 19.2 Å². The molecule has 0 saturated carbocycles. The molecule has 0 aliphatic carbocycles. The third-order valence-electron chi connectivity index (χ3n) is 7.77. The highest BCUT2D eigenvalue weighted by Gasteiger charge is 2.27. The van der Waals surface area contributed by atoms with Crippen LogP contribution in [-0.2, 0) is 16.0 Å². The lowest BCUT2D eigenvalue weighted by atomic mass is 10.0. The number of thiazole rings is 2. The first-order valence-corrected chi connectivity index (χ1v) is 17.6. The Morgan fingerprint density at radius 1 is 0.915 bits per heavy atom. The second-order valence-electron chi connectivity index (χ2n) is 12.4. The first kappa shape index (κ1) is 38.1. The molecule has 47 heavy (non-hydrogen) atoms. The molecule has 4 bridgehead atoms. The molecule has 3 heterocycles. The Morgan fingerprint density at radius 2 is 1.53 bits per heavy atom. The van der Waals surface area contributed by atoms with Gasteiger partial charge >= 0.3 is 0 Å². The van der Waals surface area contributed by atoms with Gasteiger partial charge in [-0.05, 0) is 43.1 Å². The average Bonchev–Trinajstić information content (AvgIpc) is 3.72. The number of hydrogen-bond acceptors (Lipinski definition) is 9. The molecular weight excluding hydrogens is 658 g/mol. The van der Waals surface area contributed by atoms with Gasteiger partial charge in [0, 0.05) is 36.8 Å². The van der Waals surface area contributed by atoms with E-state index in [1.165, 1.54) is 22.7 Å². The number of benzene rings is 1. The molecule has 4 amide bonds. The first-order valence-electron chi connectivity index (χ1n) is 15.9. The van der Waals surface area contributed by atoms with Crippen molar-refractivity contribution < 1.29 is 19.2 Å². The quantitative estimate of drug-likeness (QED) is 0.291. The Kier molecular flexibility index (Phi) is 14.8. The Labute approximate surface area is 290 Å². The highest BCUT2D eigenvalue weighted by molar-refractivity contribution is 7.10. The van der Waals surface area contributed by atoms with E-state index in [-0.39, 0.29) is 71.7 Å². The van der Waals surface area contributed by atoms with E-state index < -0.39 is 12.1 Å². The highest BCUT2D eigenvalue weighted by Crippen LogP contribution is 2.27. The van der Waals surface area contributed by atoms with E-state index in [0.29, 0.717) is 55.3 Å². The normalized spacial score (nSPS) is 19.2. The molecule has 0 fully saturated rings. The molecular formula is C33H46ClN7O4S2. The Bertz CT molecular complexity index is 1480. The van der Waals surface area contributed by atoms with Crippen molar-refractivity contribution >= 4 is 58.7 Å².